The lowest BCUT2D eigenvalue weighted by Gasteiger charge is -2.09. The van der Waals surface area contributed by atoms with E-state index in [4.69, 9.17) is 10.00 Å². The fraction of sp³-hybridized carbons (Fsp3) is 0.333. The summed E-state index contributed by atoms with van der Waals surface area (Å²) in [5, 5.41) is 11.7. The van der Waals surface area contributed by atoms with Crippen LogP contribution in [0.4, 0.5) is 5.69 Å². The minimum atomic E-state index is 0.583. The van der Waals surface area contributed by atoms with Crippen molar-refractivity contribution in [3.05, 3.63) is 23.3 Å². The molecule has 0 radical (unpaired) electrons. The number of thioether (sulfide) groups is 1. The Kier molecular flexibility index (Phi) is 4.85. The van der Waals surface area contributed by atoms with Crippen LogP contribution in [0.1, 0.15) is 11.1 Å². The third-order valence-electron chi connectivity index (χ3n) is 2.29. The summed E-state index contributed by atoms with van der Waals surface area (Å²) in [6.45, 7) is 3.93. The Labute approximate surface area is 106 Å². The number of methoxy groups -OCH3 is 1. The zero-order valence-corrected chi connectivity index (χ0v) is 11.2. The Bertz CT molecular complexity index is 477. The summed E-state index contributed by atoms with van der Waals surface area (Å²) in [7, 11) is 1.65. The predicted octanol–water partition coefficient (Wildman–Crippen LogP) is 2.73. The highest BCUT2D eigenvalue weighted by Crippen LogP contribution is 2.28. The van der Waals surface area contributed by atoms with Crippen LogP contribution in [-0.4, -0.2) is 18.5 Å². The summed E-state index contributed by atoms with van der Waals surface area (Å²) >= 11 is 1.40. The second-order valence-electron chi connectivity index (χ2n) is 3.47. The second-order valence-corrected chi connectivity index (χ2v) is 4.26. The fourth-order valence-corrected chi connectivity index (χ4v) is 1.73. The van der Waals surface area contributed by atoms with Gasteiger partial charge in [0.25, 0.3) is 0 Å². The first kappa shape index (κ1) is 13.4. The minimum absolute atomic E-state index is 0.583. The number of ether oxygens (including phenoxy) is 1. The molecule has 0 spiro atoms. The molecule has 5 heteroatoms. The first-order chi connectivity index (χ1) is 8.12. The van der Waals surface area contributed by atoms with Crippen molar-refractivity contribution in [2.24, 2.45) is 4.99 Å². The summed E-state index contributed by atoms with van der Waals surface area (Å²) in [4.78, 5) is 4.39. The number of benzene rings is 1. The SMILES string of the molecule is COc1cc(C)c(N=C(NC#N)SC)cc1C. The summed E-state index contributed by atoms with van der Waals surface area (Å²) in [6, 6.07) is 3.89. The normalized spacial score (nSPS) is 10.9. The number of nitrogens with zero attached hydrogens (tertiary/aromatic N) is 2. The molecule has 0 unspecified atom stereocenters. The van der Waals surface area contributed by atoms with Crippen LogP contribution in [-0.2, 0) is 0 Å². The van der Waals surface area contributed by atoms with Crippen LogP contribution in [0, 0.1) is 25.3 Å². The molecule has 0 atom stereocenters. The standard InChI is InChI=1S/C12H15N3OS/c1-8-6-11(16-3)9(2)5-10(8)15-12(17-4)14-7-13/h5-6H,1-4H3,(H,14,15). The van der Waals surface area contributed by atoms with E-state index in [1.54, 1.807) is 7.11 Å². The molecule has 0 bridgehead atoms. The first-order valence-electron chi connectivity index (χ1n) is 5.05. The molecule has 1 rings (SSSR count). The molecule has 0 saturated heterocycles. The molecular weight excluding hydrogens is 234 g/mol. The van der Waals surface area contributed by atoms with E-state index in [1.165, 1.54) is 11.8 Å². The quantitative estimate of drug-likeness (QED) is 0.379. The van der Waals surface area contributed by atoms with Gasteiger partial charge in [0.2, 0.25) is 0 Å². The average molecular weight is 249 g/mol. The van der Waals surface area contributed by atoms with Crippen molar-refractivity contribution in [3.63, 3.8) is 0 Å². The highest BCUT2D eigenvalue weighted by molar-refractivity contribution is 8.13. The Balaban J connectivity index is 3.15. The Morgan fingerprint density at radius 2 is 2.12 bits per heavy atom. The Morgan fingerprint density at radius 1 is 1.41 bits per heavy atom. The van der Waals surface area contributed by atoms with Crippen molar-refractivity contribution in [2.45, 2.75) is 13.8 Å². The maximum absolute atomic E-state index is 8.58. The number of rotatable bonds is 2. The van der Waals surface area contributed by atoms with E-state index in [-0.39, 0.29) is 0 Å². The van der Waals surface area contributed by atoms with Crippen LogP contribution in [0.25, 0.3) is 0 Å². The summed E-state index contributed by atoms with van der Waals surface area (Å²) < 4.78 is 5.24. The smallest absolute Gasteiger partial charge is 0.183 e. The Morgan fingerprint density at radius 3 is 2.65 bits per heavy atom. The van der Waals surface area contributed by atoms with E-state index in [9.17, 15) is 0 Å². The molecule has 1 aromatic rings. The van der Waals surface area contributed by atoms with Crippen LogP contribution < -0.4 is 10.1 Å². The van der Waals surface area contributed by atoms with Crippen LogP contribution in [0.2, 0.25) is 0 Å². The predicted molar refractivity (Wildman–Crippen MR) is 71.8 cm³/mol. The fourth-order valence-electron chi connectivity index (χ4n) is 1.40. The summed E-state index contributed by atoms with van der Waals surface area (Å²) in [5.41, 5.74) is 2.88. The van der Waals surface area contributed by atoms with Gasteiger partial charge in [0.1, 0.15) is 5.75 Å². The van der Waals surface area contributed by atoms with E-state index in [0.717, 1.165) is 22.6 Å². The molecule has 4 nitrogen and oxygen atoms in total. The summed E-state index contributed by atoms with van der Waals surface area (Å²) in [5.74, 6) is 0.848. The number of nitrogens with one attached hydrogen (secondary N) is 1. The van der Waals surface area contributed by atoms with E-state index in [1.807, 2.05) is 38.4 Å². The van der Waals surface area contributed by atoms with Crippen molar-refractivity contribution in [2.75, 3.05) is 13.4 Å². The molecule has 0 aromatic heterocycles. The number of nitriles is 1. The molecule has 0 heterocycles. The molecule has 0 aliphatic heterocycles. The minimum Gasteiger partial charge on any atom is -0.496 e. The number of aryl methyl sites for hydroxylation is 2. The summed E-state index contributed by atoms with van der Waals surface area (Å²) in [6.07, 6.45) is 3.74. The second kappa shape index (κ2) is 6.16. The van der Waals surface area contributed by atoms with Crippen molar-refractivity contribution >= 4 is 22.6 Å². The van der Waals surface area contributed by atoms with Gasteiger partial charge in [0.05, 0.1) is 12.8 Å². The lowest BCUT2D eigenvalue weighted by atomic mass is 10.1. The van der Waals surface area contributed by atoms with Crippen molar-refractivity contribution < 1.29 is 4.74 Å². The monoisotopic (exact) mass is 249 g/mol. The average Bonchev–Trinajstić information content (AvgIpc) is 2.32. The van der Waals surface area contributed by atoms with E-state index in [0.29, 0.717) is 5.17 Å². The van der Waals surface area contributed by atoms with Gasteiger partial charge in [-0.05, 0) is 43.4 Å². The van der Waals surface area contributed by atoms with Crippen molar-refractivity contribution in [1.29, 1.82) is 5.26 Å². The number of hydrogen-bond donors (Lipinski definition) is 1. The maximum atomic E-state index is 8.58. The van der Waals surface area contributed by atoms with Crippen LogP contribution >= 0.6 is 11.8 Å². The molecule has 17 heavy (non-hydrogen) atoms. The molecule has 1 aromatic carbocycles. The molecule has 0 fully saturated rings. The van der Waals surface area contributed by atoms with Gasteiger partial charge < -0.3 is 4.74 Å². The third-order valence-corrected chi connectivity index (χ3v) is 2.87. The molecule has 0 amide bonds. The van der Waals surface area contributed by atoms with E-state index in [2.05, 4.69) is 10.3 Å². The number of hydrogen-bond acceptors (Lipinski definition) is 4. The van der Waals surface area contributed by atoms with Gasteiger partial charge in [0.15, 0.2) is 11.4 Å². The van der Waals surface area contributed by atoms with Gasteiger partial charge in [-0.25, -0.2) is 4.99 Å². The van der Waals surface area contributed by atoms with Gasteiger partial charge in [0, 0.05) is 0 Å². The van der Waals surface area contributed by atoms with E-state index >= 15 is 0 Å². The molecule has 90 valence electrons. The van der Waals surface area contributed by atoms with Gasteiger partial charge in [-0.2, -0.15) is 5.26 Å². The lowest BCUT2D eigenvalue weighted by molar-refractivity contribution is 0.411. The first-order valence-corrected chi connectivity index (χ1v) is 6.28. The largest absolute Gasteiger partial charge is 0.496 e. The molecule has 0 aliphatic rings. The van der Waals surface area contributed by atoms with Crippen LogP contribution in [0.5, 0.6) is 5.75 Å². The highest BCUT2D eigenvalue weighted by Gasteiger charge is 2.05. The maximum Gasteiger partial charge on any atom is 0.183 e. The number of amidine groups is 1. The third kappa shape index (κ3) is 3.40. The Hall–Kier alpha value is -1.67. The zero-order chi connectivity index (χ0) is 12.8. The van der Waals surface area contributed by atoms with Gasteiger partial charge in [-0.15, -0.1) is 0 Å². The van der Waals surface area contributed by atoms with Crippen molar-refractivity contribution in [1.82, 2.24) is 5.32 Å². The molecule has 0 aliphatic carbocycles. The lowest BCUT2D eigenvalue weighted by Crippen LogP contribution is -2.12. The van der Waals surface area contributed by atoms with Gasteiger partial charge in [-0.3, -0.25) is 5.32 Å². The van der Waals surface area contributed by atoms with Gasteiger partial charge in [-0.1, -0.05) is 11.8 Å². The van der Waals surface area contributed by atoms with Crippen LogP contribution in [0.3, 0.4) is 0 Å². The molecule has 1 N–H and O–H groups in total. The molecular formula is C12H15N3OS. The number of aliphatic imine (C=N–C) groups is 1. The molecule has 0 saturated carbocycles. The topological polar surface area (TPSA) is 57.4 Å². The zero-order valence-electron chi connectivity index (χ0n) is 10.4. The van der Waals surface area contributed by atoms with Crippen LogP contribution in [0.15, 0.2) is 17.1 Å². The van der Waals surface area contributed by atoms with E-state index < -0.39 is 0 Å². The van der Waals surface area contributed by atoms with Gasteiger partial charge >= 0.3 is 0 Å². The van der Waals surface area contributed by atoms with Crippen molar-refractivity contribution in [3.8, 4) is 11.9 Å². The highest BCUT2D eigenvalue weighted by atomic mass is 32.2.